The second-order valence-corrected chi connectivity index (χ2v) is 4.50. The minimum Gasteiger partial charge on any atom is -0.494 e. The summed E-state index contributed by atoms with van der Waals surface area (Å²) in [7, 11) is 0. The molecule has 1 aromatic rings. The maximum absolute atomic E-state index is 11.8. The van der Waals surface area contributed by atoms with E-state index in [0.717, 1.165) is 11.1 Å². The molecule has 1 aliphatic carbocycles. The molecule has 18 heavy (non-hydrogen) atoms. The van der Waals surface area contributed by atoms with Gasteiger partial charge < -0.3 is 4.74 Å². The molecule has 1 aliphatic rings. The van der Waals surface area contributed by atoms with Crippen molar-refractivity contribution in [1.82, 2.24) is 0 Å². The van der Waals surface area contributed by atoms with E-state index in [4.69, 9.17) is 4.74 Å². The Balaban J connectivity index is 2.55. The Bertz CT molecular complexity index is 523. The van der Waals surface area contributed by atoms with Gasteiger partial charge in [0.05, 0.1) is 6.61 Å². The van der Waals surface area contributed by atoms with Gasteiger partial charge in [-0.05, 0) is 50.1 Å². The first kappa shape index (κ1) is 12.6. The molecule has 0 spiro atoms. The Morgan fingerprint density at radius 1 is 1.11 bits per heavy atom. The molecular formula is C15H16O3. The largest absolute Gasteiger partial charge is 0.494 e. The van der Waals surface area contributed by atoms with Crippen molar-refractivity contribution >= 4 is 11.6 Å². The molecule has 1 aromatic carbocycles. The number of ketones is 2. The quantitative estimate of drug-likeness (QED) is 0.767. The average molecular weight is 244 g/mol. The summed E-state index contributed by atoms with van der Waals surface area (Å²) in [5.74, 6) is -0.390. The third-order valence-electron chi connectivity index (χ3n) is 3.06. The molecule has 3 heteroatoms. The molecule has 94 valence electrons. The number of aryl methyl sites for hydroxylation is 2. The topological polar surface area (TPSA) is 43.4 Å². The molecule has 0 fully saturated rings. The Morgan fingerprint density at radius 3 is 2.28 bits per heavy atom. The highest BCUT2D eigenvalue weighted by atomic mass is 16.5. The number of hydrogen-bond acceptors (Lipinski definition) is 3. The molecular weight excluding hydrogens is 228 g/mol. The molecule has 0 aliphatic heterocycles. The summed E-state index contributed by atoms with van der Waals surface area (Å²) in [6, 6.07) is 3.85. The van der Waals surface area contributed by atoms with Gasteiger partial charge in [-0.3, -0.25) is 9.59 Å². The van der Waals surface area contributed by atoms with Gasteiger partial charge in [0.15, 0.2) is 11.6 Å². The molecule has 0 amide bonds. The van der Waals surface area contributed by atoms with Gasteiger partial charge in [0.25, 0.3) is 0 Å². The Morgan fingerprint density at radius 2 is 1.72 bits per heavy atom. The summed E-state index contributed by atoms with van der Waals surface area (Å²) < 4.78 is 5.58. The van der Waals surface area contributed by atoms with E-state index in [1.165, 1.54) is 12.2 Å². The van der Waals surface area contributed by atoms with E-state index in [9.17, 15) is 9.59 Å². The third kappa shape index (κ3) is 2.08. The van der Waals surface area contributed by atoms with Gasteiger partial charge in [-0.1, -0.05) is 6.07 Å². The molecule has 0 saturated heterocycles. The van der Waals surface area contributed by atoms with Crippen LogP contribution in [-0.2, 0) is 9.59 Å². The number of allylic oxidation sites excluding steroid dienone is 2. The van der Waals surface area contributed by atoms with Crippen LogP contribution in [0.1, 0.15) is 29.5 Å². The van der Waals surface area contributed by atoms with E-state index in [2.05, 4.69) is 0 Å². The van der Waals surface area contributed by atoms with E-state index >= 15 is 0 Å². The molecule has 0 N–H and O–H groups in total. The van der Waals surface area contributed by atoms with E-state index < -0.39 is 5.92 Å². The van der Waals surface area contributed by atoms with Crippen molar-refractivity contribution in [2.24, 2.45) is 0 Å². The van der Waals surface area contributed by atoms with Crippen LogP contribution < -0.4 is 4.74 Å². The molecule has 0 unspecified atom stereocenters. The fourth-order valence-electron chi connectivity index (χ4n) is 2.37. The van der Waals surface area contributed by atoms with Crippen molar-refractivity contribution in [3.63, 3.8) is 0 Å². The summed E-state index contributed by atoms with van der Waals surface area (Å²) in [5, 5.41) is 0. The lowest BCUT2D eigenvalue weighted by Crippen LogP contribution is -2.16. The molecule has 0 radical (unpaired) electrons. The number of rotatable bonds is 3. The molecule has 0 atom stereocenters. The third-order valence-corrected chi connectivity index (χ3v) is 3.06. The lowest BCUT2D eigenvalue weighted by molar-refractivity contribution is -0.122. The van der Waals surface area contributed by atoms with Crippen molar-refractivity contribution in [3.8, 4) is 5.75 Å². The summed E-state index contributed by atoms with van der Waals surface area (Å²) in [6.45, 7) is 6.27. The van der Waals surface area contributed by atoms with Crippen LogP contribution in [-0.4, -0.2) is 18.2 Å². The maximum Gasteiger partial charge on any atom is 0.171 e. The zero-order valence-corrected chi connectivity index (χ0v) is 10.8. The van der Waals surface area contributed by atoms with Crippen molar-refractivity contribution in [2.75, 3.05) is 6.61 Å². The van der Waals surface area contributed by atoms with Gasteiger partial charge in [0.2, 0.25) is 0 Å². The fourth-order valence-corrected chi connectivity index (χ4v) is 2.37. The Labute approximate surface area is 106 Å². The smallest absolute Gasteiger partial charge is 0.171 e. The normalized spacial score (nSPS) is 15.5. The molecule has 0 saturated carbocycles. The Kier molecular flexibility index (Phi) is 3.32. The second-order valence-electron chi connectivity index (χ2n) is 4.50. The molecule has 0 heterocycles. The van der Waals surface area contributed by atoms with Crippen LogP contribution in [0.3, 0.4) is 0 Å². The molecule has 0 aromatic heterocycles. The first-order chi connectivity index (χ1) is 8.54. The van der Waals surface area contributed by atoms with Gasteiger partial charge in [0, 0.05) is 5.56 Å². The second kappa shape index (κ2) is 4.77. The van der Waals surface area contributed by atoms with Crippen LogP contribution in [0.25, 0.3) is 0 Å². The fraction of sp³-hybridized carbons (Fsp3) is 0.333. The standard InChI is InChI=1S/C15H16O3/c1-4-18-13-8-9(2)7-10(3)14(13)15-11(16)5-6-12(15)17/h5-8,15H,4H2,1-3H3. The predicted molar refractivity (Wildman–Crippen MR) is 69.0 cm³/mol. The number of carbonyl (C=O) groups is 2. The minimum atomic E-state index is -0.716. The van der Waals surface area contributed by atoms with Gasteiger partial charge in [-0.25, -0.2) is 0 Å². The van der Waals surface area contributed by atoms with Gasteiger partial charge in [-0.15, -0.1) is 0 Å². The zero-order chi connectivity index (χ0) is 13.3. The zero-order valence-electron chi connectivity index (χ0n) is 10.8. The molecule has 2 rings (SSSR count). The molecule has 3 nitrogen and oxygen atoms in total. The highest BCUT2D eigenvalue weighted by molar-refractivity contribution is 6.23. The number of ether oxygens (including phenoxy) is 1. The minimum absolute atomic E-state index is 0.159. The number of benzene rings is 1. The van der Waals surface area contributed by atoms with Gasteiger partial charge >= 0.3 is 0 Å². The highest BCUT2D eigenvalue weighted by Gasteiger charge is 2.33. The predicted octanol–water partition coefficient (Wildman–Crippen LogP) is 2.49. The summed E-state index contributed by atoms with van der Waals surface area (Å²) in [5.41, 5.74) is 2.70. The molecule has 0 bridgehead atoms. The summed E-state index contributed by atoms with van der Waals surface area (Å²) in [4.78, 5) is 23.6. The van der Waals surface area contributed by atoms with Crippen LogP contribution in [0.4, 0.5) is 0 Å². The van der Waals surface area contributed by atoms with Gasteiger partial charge in [-0.2, -0.15) is 0 Å². The monoisotopic (exact) mass is 244 g/mol. The SMILES string of the molecule is CCOc1cc(C)cc(C)c1C1C(=O)C=CC1=O. The lowest BCUT2D eigenvalue weighted by atomic mass is 9.89. The van der Waals surface area contributed by atoms with E-state index in [1.807, 2.05) is 32.9 Å². The highest BCUT2D eigenvalue weighted by Crippen LogP contribution is 2.35. The maximum atomic E-state index is 11.8. The van der Waals surface area contributed by atoms with Crippen molar-refractivity contribution < 1.29 is 14.3 Å². The summed E-state index contributed by atoms with van der Waals surface area (Å²) in [6.07, 6.45) is 2.70. The van der Waals surface area contributed by atoms with Crippen LogP contribution >= 0.6 is 0 Å². The lowest BCUT2D eigenvalue weighted by Gasteiger charge is -2.17. The average Bonchev–Trinajstić information content (AvgIpc) is 2.60. The van der Waals surface area contributed by atoms with Crippen LogP contribution in [0, 0.1) is 13.8 Å². The first-order valence-corrected chi connectivity index (χ1v) is 6.04. The van der Waals surface area contributed by atoms with Crippen LogP contribution in [0.15, 0.2) is 24.3 Å². The number of hydrogen-bond donors (Lipinski definition) is 0. The van der Waals surface area contributed by atoms with Crippen molar-refractivity contribution in [1.29, 1.82) is 0 Å². The van der Waals surface area contributed by atoms with Crippen LogP contribution in [0.5, 0.6) is 5.75 Å². The van der Waals surface area contributed by atoms with Crippen LogP contribution in [0.2, 0.25) is 0 Å². The van der Waals surface area contributed by atoms with E-state index in [0.29, 0.717) is 17.9 Å². The van der Waals surface area contributed by atoms with E-state index in [-0.39, 0.29) is 11.6 Å². The van der Waals surface area contributed by atoms with Crippen molar-refractivity contribution in [3.05, 3.63) is 41.0 Å². The van der Waals surface area contributed by atoms with Gasteiger partial charge in [0.1, 0.15) is 11.7 Å². The van der Waals surface area contributed by atoms with Crippen molar-refractivity contribution in [2.45, 2.75) is 26.7 Å². The Hall–Kier alpha value is -1.90. The number of carbonyl (C=O) groups excluding carboxylic acids is 2. The van der Waals surface area contributed by atoms with E-state index in [1.54, 1.807) is 0 Å². The summed E-state index contributed by atoms with van der Waals surface area (Å²) >= 11 is 0. The first-order valence-electron chi connectivity index (χ1n) is 6.04.